The van der Waals surface area contributed by atoms with Crippen LogP contribution in [0.25, 0.3) is 5.78 Å². The number of aryl methyl sites for hydroxylation is 2. The van der Waals surface area contributed by atoms with Crippen molar-refractivity contribution in [1.29, 1.82) is 0 Å². The van der Waals surface area contributed by atoms with Gasteiger partial charge in [-0.2, -0.15) is 22.7 Å². The summed E-state index contributed by atoms with van der Waals surface area (Å²) in [5.74, 6) is 1.70. The van der Waals surface area contributed by atoms with E-state index in [0.29, 0.717) is 29.5 Å². The second-order valence-electron chi connectivity index (χ2n) is 5.08. The molecule has 3 rings (SSSR count). The van der Waals surface area contributed by atoms with Crippen LogP contribution in [0, 0.1) is 6.92 Å². The highest BCUT2D eigenvalue weighted by Crippen LogP contribution is 2.30. The molecular formula is C15H14F3N5. The van der Waals surface area contributed by atoms with E-state index in [4.69, 9.17) is 0 Å². The monoisotopic (exact) mass is 321 g/mol. The van der Waals surface area contributed by atoms with Gasteiger partial charge in [0.15, 0.2) is 5.82 Å². The molecule has 0 aliphatic heterocycles. The van der Waals surface area contributed by atoms with Gasteiger partial charge in [-0.3, -0.25) is 0 Å². The van der Waals surface area contributed by atoms with Crippen molar-refractivity contribution in [2.45, 2.75) is 26.4 Å². The number of fused-ring (bicyclic) bond motifs is 1. The minimum Gasteiger partial charge on any atom is -0.340 e. The SMILES string of the molecule is CCc1nc2nc(C)cc(Nc3ccc(C(F)(F)F)cc3)n2n1. The zero-order valence-electron chi connectivity index (χ0n) is 12.5. The third kappa shape index (κ3) is 3.10. The fraction of sp³-hybridized carbons (Fsp3) is 0.267. The number of aromatic nitrogens is 4. The van der Waals surface area contributed by atoms with E-state index in [0.717, 1.165) is 17.8 Å². The van der Waals surface area contributed by atoms with Crippen LogP contribution in [0.4, 0.5) is 24.7 Å². The molecule has 8 heteroatoms. The molecule has 0 aliphatic rings. The van der Waals surface area contributed by atoms with E-state index in [2.05, 4.69) is 20.4 Å². The first-order chi connectivity index (χ1) is 10.9. The second kappa shape index (κ2) is 5.53. The van der Waals surface area contributed by atoms with Crippen molar-refractivity contribution in [2.75, 3.05) is 5.32 Å². The first-order valence-electron chi connectivity index (χ1n) is 7.04. The number of benzene rings is 1. The number of rotatable bonds is 3. The van der Waals surface area contributed by atoms with Gasteiger partial charge >= 0.3 is 6.18 Å². The predicted molar refractivity (Wildman–Crippen MR) is 79.6 cm³/mol. The van der Waals surface area contributed by atoms with Crippen LogP contribution < -0.4 is 5.32 Å². The molecule has 2 aromatic heterocycles. The number of alkyl halides is 3. The number of nitrogens with one attached hydrogen (secondary N) is 1. The van der Waals surface area contributed by atoms with Gasteiger partial charge in [0, 0.05) is 23.9 Å². The van der Waals surface area contributed by atoms with Gasteiger partial charge in [0.05, 0.1) is 5.56 Å². The Morgan fingerprint density at radius 1 is 1.13 bits per heavy atom. The van der Waals surface area contributed by atoms with Crippen LogP contribution in [0.1, 0.15) is 24.0 Å². The average molecular weight is 321 g/mol. The summed E-state index contributed by atoms with van der Waals surface area (Å²) in [4.78, 5) is 8.59. The Morgan fingerprint density at radius 2 is 1.83 bits per heavy atom. The lowest BCUT2D eigenvalue weighted by molar-refractivity contribution is -0.137. The maximum atomic E-state index is 12.6. The van der Waals surface area contributed by atoms with E-state index < -0.39 is 11.7 Å². The summed E-state index contributed by atoms with van der Waals surface area (Å²) in [5.41, 5.74) is 0.577. The Hall–Kier alpha value is -2.64. The van der Waals surface area contributed by atoms with Crippen LogP contribution in [-0.2, 0) is 12.6 Å². The molecular weight excluding hydrogens is 307 g/mol. The van der Waals surface area contributed by atoms with Gasteiger partial charge < -0.3 is 5.32 Å². The zero-order valence-corrected chi connectivity index (χ0v) is 12.5. The molecule has 0 saturated heterocycles. The number of hydrogen-bond acceptors (Lipinski definition) is 4. The van der Waals surface area contributed by atoms with E-state index in [1.807, 2.05) is 13.8 Å². The summed E-state index contributed by atoms with van der Waals surface area (Å²) in [7, 11) is 0. The topological polar surface area (TPSA) is 55.1 Å². The lowest BCUT2D eigenvalue weighted by Crippen LogP contribution is -2.05. The van der Waals surface area contributed by atoms with Crippen LogP contribution in [-0.4, -0.2) is 19.6 Å². The Balaban J connectivity index is 1.96. The molecule has 120 valence electrons. The van der Waals surface area contributed by atoms with Gasteiger partial charge in [-0.25, -0.2) is 4.98 Å². The molecule has 0 atom stereocenters. The van der Waals surface area contributed by atoms with Gasteiger partial charge in [0.1, 0.15) is 5.82 Å². The molecule has 2 heterocycles. The van der Waals surface area contributed by atoms with E-state index in [-0.39, 0.29) is 0 Å². The fourth-order valence-corrected chi connectivity index (χ4v) is 2.16. The van der Waals surface area contributed by atoms with E-state index in [1.165, 1.54) is 12.1 Å². The maximum absolute atomic E-state index is 12.6. The highest BCUT2D eigenvalue weighted by atomic mass is 19.4. The summed E-state index contributed by atoms with van der Waals surface area (Å²) in [6.45, 7) is 3.75. The van der Waals surface area contributed by atoms with Gasteiger partial charge in [0.2, 0.25) is 0 Å². The van der Waals surface area contributed by atoms with Crippen LogP contribution in [0.5, 0.6) is 0 Å². The molecule has 0 bridgehead atoms. The third-order valence-corrected chi connectivity index (χ3v) is 3.28. The Bertz CT molecular complexity index is 837. The van der Waals surface area contributed by atoms with E-state index in [9.17, 15) is 13.2 Å². The first-order valence-corrected chi connectivity index (χ1v) is 7.04. The van der Waals surface area contributed by atoms with Gasteiger partial charge in [-0.1, -0.05) is 6.92 Å². The maximum Gasteiger partial charge on any atom is 0.416 e. The number of halogens is 3. The zero-order chi connectivity index (χ0) is 16.6. The van der Waals surface area contributed by atoms with Crippen molar-refractivity contribution in [3.05, 3.63) is 47.4 Å². The summed E-state index contributed by atoms with van der Waals surface area (Å²) in [6.07, 6.45) is -3.68. The number of anilines is 2. The first kappa shape index (κ1) is 15.3. The van der Waals surface area contributed by atoms with Gasteiger partial charge in [-0.05, 0) is 31.2 Å². The van der Waals surface area contributed by atoms with Crippen molar-refractivity contribution >= 4 is 17.3 Å². The largest absolute Gasteiger partial charge is 0.416 e. The summed E-state index contributed by atoms with van der Waals surface area (Å²) in [6, 6.07) is 6.59. The molecule has 1 aromatic carbocycles. The van der Waals surface area contributed by atoms with Crippen molar-refractivity contribution in [3.8, 4) is 0 Å². The normalized spacial score (nSPS) is 11.9. The molecule has 0 spiro atoms. The van der Waals surface area contributed by atoms with Crippen LogP contribution >= 0.6 is 0 Å². The molecule has 0 radical (unpaired) electrons. The van der Waals surface area contributed by atoms with E-state index in [1.54, 1.807) is 10.6 Å². The average Bonchev–Trinajstić information content (AvgIpc) is 2.90. The summed E-state index contributed by atoms with van der Waals surface area (Å²) < 4.78 is 39.3. The van der Waals surface area contributed by atoms with Crippen molar-refractivity contribution < 1.29 is 13.2 Å². The summed E-state index contributed by atoms with van der Waals surface area (Å²) in [5, 5.41) is 7.38. The van der Waals surface area contributed by atoms with Crippen LogP contribution in [0.15, 0.2) is 30.3 Å². The highest BCUT2D eigenvalue weighted by molar-refractivity contribution is 5.59. The van der Waals surface area contributed by atoms with Crippen LogP contribution in [0.2, 0.25) is 0 Å². The molecule has 0 aliphatic carbocycles. The fourth-order valence-electron chi connectivity index (χ4n) is 2.16. The third-order valence-electron chi connectivity index (χ3n) is 3.28. The smallest absolute Gasteiger partial charge is 0.340 e. The molecule has 5 nitrogen and oxygen atoms in total. The van der Waals surface area contributed by atoms with E-state index >= 15 is 0 Å². The standard InChI is InChI=1S/C15H14F3N5/c1-3-12-21-14-19-9(2)8-13(23(14)22-12)20-11-6-4-10(5-7-11)15(16,17)18/h4-8,20H,3H2,1-2H3. The number of nitrogens with zero attached hydrogens (tertiary/aromatic N) is 4. The molecule has 3 aromatic rings. The molecule has 0 saturated carbocycles. The predicted octanol–water partition coefficient (Wildman–Crippen LogP) is 3.76. The van der Waals surface area contributed by atoms with Gasteiger partial charge in [0.25, 0.3) is 5.78 Å². The molecule has 23 heavy (non-hydrogen) atoms. The van der Waals surface area contributed by atoms with Crippen molar-refractivity contribution in [3.63, 3.8) is 0 Å². The lowest BCUT2D eigenvalue weighted by atomic mass is 10.2. The Kier molecular flexibility index (Phi) is 3.67. The molecule has 0 fully saturated rings. The Labute approximate surface area is 130 Å². The minimum absolute atomic E-state index is 0.455. The molecule has 1 N–H and O–H groups in total. The van der Waals surface area contributed by atoms with Gasteiger partial charge in [-0.15, -0.1) is 5.10 Å². The number of hydrogen-bond donors (Lipinski definition) is 1. The second-order valence-corrected chi connectivity index (χ2v) is 5.08. The Morgan fingerprint density at radius 3 is 2.43 bits per heavy atom. The van der Waals surface area contributed by atoms with Crippen molar-refractivity contribution in [1.82, 2.24) is 19.6 Å². The lowest BCUT2D eigenvalue weighted by Gasteiger charge is -2.10. The molecule has 0 amide bonds. The quantitative estimate of drug-likeness (QED) is 0.798. The van der Waals surface area contributed by atoms with Crippen LogP contribution in [0.3, 0.4) is 0 Å². The highest BCUT2D eigenvalue weighted by Gasteiger charge is 2.29. The molecule has 0 unspecified atom stereocenters. The summed E-state index contributed by atoms with van der Waals surface area (Å²) >= 11 is 0. The minimum atomic E-state index is -4.35. The van der Waals surface area contributed by atoms with Crippen molar-refractivity contribution in [2.24, 2.45) is 0 Å².